The summed E-state index contributed by atoms with van der Waals surface area (Å²) in [7, 11) is 0. The minimum Gasteiger partial charge on any atom is -0.370 e. The average molecular weight is 998 g/mol. The summed E-state index contributed by atoms with van der Waals surface area (Å²) in [6, 6.07) is 7.60. The molecule has 4 rings (SSSR count). The van der Waals surface area contributed by atoms with Gasteiger partial charge in [0.25, 0.3) is 0 Å². The van der Waals surface area contributed by atoms with Crippen molar-refractivity contribution in [3.05, 3.63) is 90.1 Å². The van der Waals surface area contributed by atoms with Gasteiger partial charge >= 0.3 is 0 Å². The van der Waals surface area contributed by atoms with E-state index in [1.165, 1.54) is 19.4 Å². The van der Waals surface area contributed by atoms with Crippen molar-refractivity contribution >= 4 is 70.0 Å². The first kappa shape index (κ1) is 56.6. The van der Waals surface area contributed by atoms with Gasteiger partial charge in [-0.25, -0.2) is 4.98 Å². The number of para-hydroxylation sites is 1. The second-order valence-corrected chi connectivity index (χ2v) is 18.3. The Hall–Kier alpha value is -7.95. The number of imide groups is 1. The molecular weight excluding hydrogens is 931 g/mol. The molecule has 2 heterocycles. The fraction of sp³-hybridized carbons (Fsp3) is 0.449. The van der Waals surface area contributed by atoms with Gasteiger partial charge in [-0.15, -0.1) is 0 Å². The van der Waals surface area contributed by atoms with Crippen LogP contribution in [0.2, 0.25) is 0 Å². The fourth-order valence-corrected chi connectivity index (χ4v) is 7.57. The lowest BCUT2D eigenvalue weighted by Crippen LogP contribution is -2.59. The maximum atomic E-state index is 14.1. The minimum atomic E-state index is -1.35. The number of primary amides is 1. The van der Waals surface area contributed by atoms with E-state index in [0.29, 0.717) is 11.3 Å². The zero-order valence-electron chi connectivity index (χ0n) is 41.3. The van der Waals surface area contributed by atoms with Crippen molar-refractivity contribution in [1.82, 2.24) is 57.5 Å². The van der Waals surface area contributed by atoms with Crippen LogP contribution in [-0.2, 0) is 67.2 Å². The normalized spacial score (nSPS) is 14.1. The van der Waals surface area contributed by atoms with Crippen LogP contribution in [-0.4, -0.2) is 123 Å². The first-order chi connectivity index (χ1) is 34.1. The van der Waals surface area contributed by atoms with Crippen LogP contribution < -0.4 is 54.0 Å². The summed E-state index contributed by atoms with van der Waals surface area (Å²) in [5.41, 5.74) is 14.2. The van der Waals surface area contributed by atoms with Gasteiger partial charge in [0, 0.05) is 55.2 Å². The molecule has 0 fully saturated rings. The van der Waals surface area contributed by atoms with Crippen LogP contribution in [0.4, 0.5) is 0 Å². The molecule has 4 aromatic rings. The van der Waals surface area contributed by atoms with E-state index in [1.54, 1.807) is 50.4 Å². The van der Waals surface area contributed by atoms with E-state index < -0.39 is 114 Å². The van der Waals surface area contributed by atoms with Crippen molar-refractivity contribution in [3.63, 3.8) is 0 Å². The molecule has 0 unspecified atom stereocenters. The summed E-state index contributed by atoms with van der Waals surface area (Å²) in [5, 5.41) is 21.1. The molecule has 388 valence electrons. The van der Waals surface area contributed by atoms with Gasteiger partial charge < -0.3 is 58.7 Å². The third kappa shape index (κ3) is 18.1. The Kier molecular flexibility index (Phi) is 21.6. The molecular formula is C49H67N13O10. The molecule has 0 bridgehead atoms. The number of carbonyl (C=O) groups excluding carboxylic acids is 10. The molecule has 0 aliphatic rings. The molecule has 0 aliphatic heterocycles. The van der Waals surface area contributed by atoms with Gasteiger partial charge in [0.15, 0.2) is 0 Å². The Balaban J connectivity index is 1.45. The molecule has 14 N–H and O–H groups in total. The highest BCUT2D eigenvalue weighted by molar-refractivity contribution is 6.00. The molecule has 72 heavy (non-hydrogen) atoms. The maximum Gasteiger partial charge on any atom is 0.249 e. The topological polar surface area (TPSA) is 363 Å². The predicted octanol–water partition coefficient (Wildman–Crippen LogP) is -1.08. The van der Waals surface area contributed by atoms with Crippen LogP contribution in [0.25, 0.3) is 10.9 Å². The van der Waals surface area contributed by atoms with Crippen molar-refractivity contribution in [2.24, 2.45) is 23.3 Å². The summed E-state index contributed by atoms with van der Waals surface area (Å²) in [6.45, 7) is 8.83. The van der Waals surface area contributed by atoms with Crippen LogP contribution in [0.5, 0.6) is 0 Å². The van der Waals surface area contributed by atoms with E-state index in [2.05, 4.69) is 57.5 Å². The highest BCUT2D eigenvalue weighted by Crippen LogP contribution is 2.20. The third-order valence-corrected chi connectivity index (χ3v) is 11.4. The Morgan fingerprint density at radius 1 is 0.639 bits per heavy atom. The zero-order valence-corrected chi connectivity index (χ0v) is 41.3. The molecule has 10 amide bonds. The monoisotopic (exact) mass is 998 g/mol. The van der Waals surface area contributed by atoms with Crippen LogP contribution >= 0.6 is 0 Å². The SMILES string of the molecule is CC(=O)NC(=O)[C@H](CC(C)C)NC(=O)[C@H](Cc1cnc[nH]1)NC(=O)CNC(=O)[C@@H](NC(=O)[C@H](C)NC(=O)[C@H](Cc1c[nH]c2ccccc12)NC(=O)[C@H](CCC(N)=O)NC(=O)[C@H](N)Cc1ccccc1)C(C)C. The van der Waals surface area contributed by atoms with Gasteiger partial charge in [0.2, 0.25) is 59.1 Å². The number of aromatic amines is 2. The van der Waals surface area contributed by atoms with Gasteiger partial charge in [-0.1, -0.05) is 76.2 Å². The van der Waals surface area contributed by atoms with E-state index in [-0.39, 0.29) is 44.4 Å². The quantitative estimate of drug-likeness (QED) is 0.0340. The number of H-pyrrole nitrogens is 2. The summed E-state index contributed by atoms with van der Waals surface area (Å²) in [5.74, 6) is -8.07. The highest BCUT2D eigenvalue weighted by atomic mass is 16.2. The van der Waals surface area contributed by atoms with Crippen LogP contribution in [0.1, 0.15) is 77.6 Å². The Bertz CT molecular complexity index is 2530. The first-order valence-electron chi connectivity index (χ1n) is 23.6. The largest absolute Gasteiger partial charge is 0.370 e. The van der Waals surface area contributed by atoms with E-state index in [0.717, 1.165) is 23.4 Å². The Labute approximate surface area is 416 Å². The lowest BCUT2D eigenvalue weighted by atomic mass is 10.0. The smallest absolute Gasteiger partial charge is 0.249 e. The first-order valence-corrected chi connectivity index (χ1v) is 23.6. The third-order valence-electron chi connectivity index (χ3n) is 11.4. The van der Waals surface area contributed by atoms with Gasteiger partial charge in [0.05, 0.1) is 18.9 Å². The number of aromatic nitrogens is 3. The standard InChI is InChI=1S/C49H67N13O10/c1-26(2)18-37(47(70)57-29(6)63)60-48(71)39(21-32-23-52-25-55-32)58-41(65)24-54-49(72)42(27(3)4)62-43(66)28(5)56-46(69)38(20-31-22-53-35-15-11-10-14-33(31)35)61-45(68)36(16-17-40(51)64)59-44(67)34(50)19-30-12-8-7-9-13-30/h7-15,22-23,25-28,34,36-39,42,53H,16-21,24,50H2,1-6H3,(H2,51,64)(H,52,55)(H,54,72)(H,56,69)(H,58,65)(H,59,67)(H,60,71)(H,61,68)(H,62,66)(H,57,63,70)/t28-,34+,36-,37-,38-,39-,42-/m0/s1. The molecule has 0 spiro atoms. The molecule has 0 saturated carbocycles. The van der Waals surface area contributed by atoms with Crippen LogP contribution in [0, 0.1) is 11.8 Å². The van der Waals surface area contributed by atoms with Crippen molar-refractivity contribution in [2.75, 3.05) is 6.54 Å². The molecule has 0 radical (unpaired) electrons. The zero-order chi connectivity index (χ0) is 53.1. The number of imidazole rings is 1. The van der Waals surface area contributed by atoms with Crippen molar-refractivity contribution < 1.29 is 47.9 Å². The number of rotatable bonds is 27. The molecule has 2 aromatic carbocycles. The number of nitrogens with one attached hydrogen (secondary N) is 10. The predicted molar refractivity (Wildman–Crippen MR) is 264 cm³/mol. The number of hydrogen-bond donors (Lipinski definition) is 12. The van der Waals surface area contributed by atoms with Crippen LogP contribution in [0.15, 0.2) is 73.3 Å². The lowest BCUT2D eigenvalue weighted by Gasteiger charge is -2.26. The number of amides is 10. The summed E-state index contributed by atoms with van der Waals surface area (Å²) < 4.78 is 0. The lowest BCUT2D eigenvalue weighted by molar-refractivity contribution is -0.135. The van der Waals surface area contributed by atoms with E-state index in [1.807, 2.05) is 38.1 Å². The van der Waals surface area contributed by atoms with Crippen LogP contribution in [0.3, 0.4) is 0 Å². The summed E-state index contributed by atoms with van der Waals surface area (Å²) >= 11 is 0. The number of nitrogens with zero attached hydrogens (tertiary/aromatic N) is 1. The van der Waals surface area contributed by atoms with Crippen molar-refractivity contribution in [3.8, 4) is 0 Å². The fourth-order valence-electron chi connectivity index (χ4n) is 7.57. The van der Waals surface area contributed by atoms with Gasteiger partial charge in [-0.05, 0) is 55.2 Å². The molecule has 7 atom stereocenters. The number of carbonyl (C=O) groups is 10. The summed E-state index contributed by atoms with van der Waals surface area (Å²) in [6.07, 6.45) is 4.17. The van der Waals surface area contributed by atoms with Crippen molar-refractivity contribution in [1.29, 1.82) is 0 Å². The van der Waals surface area contributed by atoms with Gasteiger partial charge in [0.1, 0.15) is 36.3 Å². The minimum absolute atomic E-state index is 0.0592. The number of hydrogen-bond acceptors (Lipinski definition) is 12. The molecule has 0 saturated heterocycles. The molecule has 2 aromatic heterocycles. The number of nitrogens with two attached hydrogens (primary N) is 2. The van der Waals surface area contributed by atoms with E-state index >= 15 is 0 Å². The van der Waals surface area contributed by atoms with E-state index in [4.69, 9.17) is 11.5 Å². The number of benzene rings is 2. The highest BCUT2D eigenvalue weighted by Gasteiger charge is 2.33. The van der Waals surface area contributed by atoms with E-state index in [9.17, 15) is 47.9 Å². The molecule has 0 aliphatic carbocycles. The second-order valence-electron chi connectivity index (χ2n) is 18.3. The molecule has 23 heteroatoms. The second kappa shape index (κ2) is 27.4. The Morgan fingerprint density at radius 2 is 1.26 bits per heavy atom. The summed E-state index contributed by atoms with van der Waals surface area (Å²) in [4.78, 5) is 142. The van der Waals surface area contributed by atoms with Crippen molar-refractivity contribution in [2.45, 2.75) is 122 Å². The Morgan fingerprint density at radius 3 is 1.90 bits per heavy atom. The maximum absolute atomic E-state index is 14.1. The van der Waals surface area contributed by atoms with Gasteiger partial charge in [-0.2, -0.15) is 0 Å². The van der Waals surface area contributed by atoms with Gasteiger partial charge in [-0.3, -0.25) is 53.3 Å². The molecule has 23 nitrogen and oxygen atoms in total. The average Bonchev–Trinajstić information content (AvgIpc) is 4.00. The number of fused-ring (bicyclic) bond motifs is 1.